The van der Waals surface area contributed by atoms with E-state index in [0.29, 0.717) is 23.5 Å². The van der Waals surface area contributed by atoms with Crippen LogP contribution in [0.5, 0.6) is 11.5 Å². The van der Waals surface area contributed by atoms with E-state index < -0.39 is 0 Å². The molecule has 0 saturated heterocycles. The molecule has 4 heteroatoms. The molecule has 132 valence electrons. The summed E-state index contributed by atoms with van der Waals surface area (Å²) in [7, 11) is 0. The monoisotopic (exact) mass is 340 g/mol. The van der Waals surface area contributed by atoms with Crippen molar-refractivity contribution in [3.05, 3.63) is 59.7 Å². The maximum absolute atomic E-state index is 11.8. The Morgan fingerprint density at radius 3 is 2.16 bits per heavy atom. The number of ketones is 1. The Morgan fingerprint density at radius 1 is 1.00 bits per heavy atom. The van der Waals surface area contributed by atoms with Gasteiger partial charge in [0.05, 0.1) is 6.10 Å². The summed E-state index contributed by atoms with van der Waals surface area (Å²) >= 11 is 0. The maximum Gasteiger partial charge on any atom is 0.160 e. The van der Waals surface area contributed by atoms with E-state index in [1.807, 2.05) is 32.0 Å². The highest BCUT2D eigenvalue weighted by molar-refractivity contribution is 5.94. The molecular formula is C21H24O4. The number of hydrogen-bond acceptors (Lipinski definition) is 4. The number of rotatable bonds is 9. The zero-order valence-electron chi connectivity index (χ0n) is 14.9. The van der Waals surface area contributed by atoms with Crippen LogP contribution in [0.25, 0.3) is 0 Å². The van der Waals surface area contributed by atoms with Gasteiger partial charge in [-0.25, -0.2) is 0 Å². The van der Waals surface area contributed by atoms with E-state index in [-0.39, 0.29) is 18.0 Å². The highest BCUT2D eigenvalue weighted by Gasteiger charge is 2.12. The van der Waals surface area contributed by atoms with E-state index in [2.05, 4.69) is 12.1 Å². The molecule has 0 heterocycles. The normalized spacial score (nSPS) is 12.9. The number of Topliss-reactive ketones (excluding diaryl/α,β-unsaturated/α-hetero) is 1. The molecular weight excluding hydrogens is 316 g/mol. The van der Waals surface area contributed by atoms with Gasteiger partial charge >= 0.3 is 0 Å². The molecule has 0 amide bonds. The lowest BCUT2D eigenvalue weighted by Gasteiger charge is -2.18. The van der Waals surface area contributed by atoms with Gasteiger partial charge < -0.3 is 14.3 Å². The Morgan fingerprint density at radius 2 is 1.60 bits per heavy atom. The third kappa shape index (κ3) is 6.07. The molecule has 0 radical (unpaired) electrons. The summed E-state index contributed by atoms with van der Waals surface area (Å²) in [6.45, 7) is 5.31. The van der Waals surface area contributed by atoms with E-state index >= 15 is 0 Å². The molecule has 0 aliphatic rings. The van der Waals surface area contributed by atoms with Crippen LogP contribution in [0.2, 0.25) is 0 Å². The lowest BCUT2D eigenvalue weighted by Crippen LogP contribution is -2.16. The highest BCUT2D eigenvalue weighted by atomic mass is 16.5. The Labute approximate surface area is 148 Å². The van der Waals surface area contributed by atoms with Gasteiger partial charge in [0.2, 0.25) is 0 Å². The average Bonchev–Trinajstić information content (AvgIpc) is 2.55. The summed E-state index contributed by atoms with van der Waals surface area (Å²) in [4.78, 5) is 22.4. The molecule has 2 aromatic rings. The van der Waals surface area contributed by atoms with Gasteiger partial charge in [0, 0.05) is 24.5 Å². The van der Waals surface area contributed by atoms with Crippen molar-refractivity contribution >= 4 is 12.1 Å². The molecule has 2 aromatic carbocycles. The molecule has 0 unspecified atom stereocenters. The smallest absolute Gasteiger partial charge is 0.160 e. The van der Waals surface area contributed by atoms with E-state index in [9.17, 15) is 9.59 Å². The van der Waals surface area contributed by atoms with Crippen LogP contribution in [-0.4, -0.2) is 24.3 Å². The van der Waals surface area contributed by atoms with E-state index in [0.717, 1.165) is 12.7 Å². The summed E-state index contributed by atoms with van der Waals surface area (Å²) in [6, 6.07) is 15.3. The zero-order valence-corrected chi connectivity index (χ0v) is 14.9. The van der Waals surface area contributed by atoms with Gasteiger partial charge in [0.25, 0.3) is 0 Å². The molecule has 0 aliphatic heterocycles. The lowest BCUT2D eigenvalue weighted by atomic mass is 10.1. The Bertz CT molecular complexity index is 709. The predicted octanol–water partition coefficient (Wildman–Crippen LogP) is 4.26. The number of hydrogen-bond donors (Lipinski definition) is 0. The zero-order chi connectivity index (χ0) is 18.2. The quantitative estimate of drug-likeness (QED) is 0.506. The molecule has 0 aliphatic carbocycles. The van der Waals surface area contributed by atoms with Crippen LogP contribution in [-0.2, 0) is 11.2 Å². The Balaban J connectivity index is 2.13. The van der Waals surface area contributed by atoms with Gasteiger partial charge in [-0.05, 0) is 38.5 Å². The Hall–Kier alpha value is -2.62. The second-order valence-corrected chi connectivity index (χ2v) is 6.20. The van der Waals surface area contributed by atoms with E-state index in [4.69, 9.17) is 9.47 Å². The molecule has 0 fully saturated rings. The van der Waals surface area contributed by atoms with Crippen molar-refractivity contribution < 1.29 is 19.1 Å². The summed E-state index contributed by atoms with van der Waals surface area (Å²) in [6.07, 6.45) is 1.58. The second kappa shape index (κ2) is 9.02. The SMILES string of the molecule is CC(=O)c1cc(O[C@@H](C)CC=O)cc(O[C@@H](C)Cc2ccccc2)c1. The van der Waals surface area contributed by atoms with Crippen LogP contribution < -0.4 is 9.47 Å². The van der Waals surface area contributed by atoms with Crippen molar-refractivity contribution in [1.29, 1.82) is 0 Å². The van der Waals surface area contributed by atoms with Crippen LogP contribution in [0.4, 0.5) is 0 Å². The second-order valence-electron chi connectivity index (χ2n) is 6.20. The first-order valence-corrected chi connectivity index (χ1v) is 8.45. The van der Waals surface area contributed by atoms with Crippen molar-refractivity contribution in [3.8, 4) is 11.5 Å². The highest BCUT2D eigenvalue weighted by Crippen LogP contribution is 2.26. The number of aldehydes is 1. The largest absolute Gasteiger partial charge is 0.490 e. The van der Waals surface area contributed by atoms with Gasteiger partial charge in [0.1, 0.15) is 23.9 Å². The first kappa shape index (κ1) is 18.7. The Kier molecular flexibility index (Phi) is 6.75. The van der Waals surface area contributed by atoms with Crippen molar-refractivity contribution in [2.75, 3.05) is 0 Å². The fourth-order valence-electron chi connectivity index (χ4n) is 2.55. The van der Waals surface area contributed by atoms with Crippen LogP contribution in [0, 0.1) is 0 Å². The predicted molar refractivity (Wildman–Crippen MR) is 97.5 cm³/mol. The molecule has 2 rings (SSSR count). The minimum Gasteiger partial charge on any atom is -0.490 e. The summed E-state index contributed by atoms with van der Waals surface area (Å²) in [5.74, 6) is 1.06. The van der Waals surface area contributed by atoms with Crippen molar-refractivity contribution in [1.82, 2.24) is 0 Å². The molecule has 0 N–H and O–H groups in total. The molecule has 0 bridgehead atoms. The van der Waals surface area contributed by atoms with Crippen molar-refractivity contribution in [2.24, 2.45) is 0 Å². The minimum absolute atomic E-state index is 0.0511. The molecule has 2 atom stereocenters. The fraction of sp³-hybridized carbons (Fsp3) is 0.333. The van der Waals surface area contributed by atoms with Crippen molar-refractivity contribution in [2.45, 2.75) is 45.8 Å². The minimum atomic E-state index is -0.255. The van der Waals surface area contributed by atoms with Gasteiger partial charge in [0.15, 0.2) is 5.78 Å². The summed E-state index contributed by atoms with van der Waals surface area (Å²) < 4.78 is 11.7. The van der Waals surface area contributed by atoms with Crippen LogP contribution in [0.3, 0.4) is 0 Å². The number of benzene rings is 2. The van der Waals surface area contributed by atoms with E-state index in [1.54, 1.807) is 18.2 Å². The third-order valence-electron chi connectivity index (χ3n) is 3.76. The molecule has 25 heavy (non-hydrogen) atoms. The number of carbonyl (C=O) groups excluding carboxylic acids is 2. The standard InChI is InChI=1S/C21H24O4/c1-15(9-10-22)24-20-12-19(17(3)23)13-21(14-20)25-16(2)11-18-7-5-4-6-8-18/h4-8,10,12-16H,9,11H2,1-3H3/t15-,16-/m0/s1. The summed E-state index contributed by atoms with van der Waals surface area (Å²) in [5, 5.41) is 0. The number of ether oxygens (including phenoxy) is 2. The fourth-order valence-corrected chi connectivity index (χ4v) is 2.55. The maximum atomic E-state index is 11.8. The van der Waals surface area contributed by atoms with E-state index in [1.165, 1.54) is 12.5 Å². The average molecular weight is 340 g/mol. The number of carbonyl (C=O) groups is 2. The van der Waals surface area contributed by atoms with Gasteiger partial charge in [-0.3, -0.25) is 4.79 Å². The van der Waals surface area contributed by atoms with Gasteiger partial charge in [-0.15, -0.1) is 0 Å². The first-order chi connectivity index (χ1) is 12.0. The molecule has 0 saturated carbocycles. The van der Waals surface area contributed by atoms with Crippen LogP contribution in [0.1, 0.15) is 43.1 Å². The molecule has 0 spiro atoms. The topological polar surface area (TPSA) is 52.6 Å². The van der Waals surface area contributed by atoms with Gasteiger partial charge in [-0.1, -0.05) is 30.3 Å². The molecule has 0 aromatic heterocycles. The molecule has 4 nitrogen and oxygen atoms in total. The van der Waals surface area contributed by atoms with Crippen molar-refractivity contribution in [3.63, 3.8) is 0 Å². The lowest BCUT2D eigenvalue weighted by molar-refractivity contribution is -0.109. The van der Waals surface area contributed by atoms with Gasteiger partial charge in [-0.2, -0.15) is 0 Å². The third-order valence-corrected chi connectivity index (χ3v) is 3.76. The summed E-state index contributed by atoms with van der Waals surface area (Å²) in [5.41, 5.74) is 1.71. The first-order valence-electron chi connectivity index (χ1n) is 8.45. The van der Waals surface area contributed by atoms with Crippen LogP contribution >= 0.6 is 0 Å². The van der Waals surface area contributed by atoms with Crippen LogP contribution in [0.15, 0.2) is 48.5 Å².